The van der Waals surface area contributed by atoms with Crippen molar-refractivity contribution in [2.45, 2.75) is 26.4 Å². The number of aryl methyl sites for hydroxylation is 1. The molecule has 1 heterocycles. The summed E-state index contributed by atoms with van der Waals surface area (Å²) >= 11 is 1.66. The van der Waals surface area contributed by atoms with Gasteiger partial charge in [0.1, 0.15) is 5.01 Å². The number of methoxy groups -OCH3 is 1. The van der Waals surface area contributed by atoms with Crippen LogP contribution in [0.4, 0.5) is 0 Å². The summed E-state index contributed by atoms with van der Waals surface area (Å²) in [5.74, 6) is -0.215. The van der Waals surface area contributed by atoms with Crippen LogP contribution in [-0.4, -0.2) is 18.1 Å². The van der Waals surface area contributed by atoms with Crippen molar-refractivity contribution in [2.75, 3.05) is 7.11 Å². The molecule has 0 aliphatic rings. The summed E-state index contributed by atoms with van der Waals surface area (Å²) in [6, 6.07) is 7.90. The van der Waals surface area contributed by atoms with Gasteiger partial charge < -0.3 is 10.1 Å². The van der Waals surface area contributed by atoms with Gasteiger partial charge in [-0.25, -0.2) is 4.98 Å². The highest BCUT2D eigenvalue weighted by Gasteiger charge is 2.07. The fourth-order valence-electron chi connectivity index (χ4n) is 1.92. The normalized spacial score (nSPS) is 10.5. The molecule has 0 unspecified atom stereocenters. The highest BCUT2D eigenvalue weighted by atomic mass is 32.1. The number of benzene rings is 1. The summed E-state index contributed by atoms with van der Waals surface area (Å²) in [6.45, 7) is 3.45. The van der Waals surface area contributed by atoms with E-state index in [9.17, 15) is 4.79 Å². The molecule has 2 aromatic rings. The van der Waals surface area contributed by atoms with Gasteiger partial charge in [0.15, 0.2) is 0 Å². The Kier molecular flexibility index (Phi) is 5.26. The average molecular weight is 290 g/mol. The van der Waals surface area contributed by atoms with E-state index in [0.717, 1.165) is 28.4 Å². The number of hydrogen-bond acceptors (Lipinski definition) is 5. The van der Waals surface area contributed by atoms with Gasteiger partial charge >= 0.3 is 5.97 Å². The number of ether oxygens (including phenoxy) is 1. The number of nitrogens with zero attached hydrogens (tertiary/aromatic N) is 1. The molecule has 1 aromatic carbocycles. The Hall–Kier alpha value is -1.72. The van der Waals surface area contributed by atoms with Gasteiger partial charge in [0, 0.05) is 24.2 Å². The molecule has 0 saturated heterocycles. The van der Waals surface area contributed by atoms with E-state index in [0.29, 0.717) is 13.0 Å². The first-order chi connectivity index (χ1) is 9.69. The first-order valence-corrected chi connectivity index (χ1v) is 7.32. The minimum atomic E-state index is -0.215. The second-order valence-electron chi connectivity index (χ2n) is 4.51. The Morgan fingerprint density at radius 2 is 2.05 bits per heavy atom. The molecule has 0 bridgehead atoms. The van der Waals surface area contributed by atoms with Crippen LogP contribution >= 0.6 is 11.3 Å². The maximum atomic E-state index is 11.4. The minimum absolute atomic E-state index is 0.215. The van der Waals surface area contributed by atoms with E-state index in [2.05, 4.69) is 10.3 Å². The molecule has 0 amide bonds. The standard InChI is InChI=1S/C15H18N2O2S/c1-11-10-20-14(17-11)9-16-8-13-6-4-3-5-12(13)7-15(18)19-2/h3-6,10,16H,7-9H2,1-2H3. The largest absolute Gasteiger partial charge is 0.469 e. The summed E-state index contributed by atoms with van der Waals surface area (Å²) in [5.41, 5.74) is 3.17. The van der Waals surface area contributed by atoms with Gasteiger partial charge in [-0.3, -0.25) is 4.79 Å². The number of nitrogens with one attached hydrogen (secondary N) is 1. The molecular weight excluding hydrogens is 272 g/mol. The van der Waals surface area contributed by atoms with Gasteiger partial charge in [0.2, 0.25) is 0 Å². The average Bonchev–Trinajstić information content (AvgIpc) is 2.86. The molecular formula is C15H18N2O2S. The first kappa shape index (κ1) is 14.7. The molecule has 4 nitrogen and oxygen atoms in total. The van der Waals surface area contributed by atoms with Crippen LogP contribution in [0, 0.1) is 6.92 Å². The van der Waals surface area contributed by atoms with Crippen LogP contribution in [0.25, 0.3) is 0 Å². The Morgan fingerprint density at radius 3 is 2.70 bits per heavy atom. The third kappa shape index (κ3) is 4.15. The van der Waals surface area contributed by atoms with Crippen molar-refractivity contribution in [2.24, 2.45) is 0 Å². The van der Waals surface area contributed by atoms with Crippen LogP contribution in [-0.2, 0) is 29.0 Å². The monoisotopic (exact) mass is 290 g/mol. The van der Waals surface area contributed by atoms with Crippen LogP contribution in [0.1, 0.15) is 21.8 Å². The zero-order valence-electron chi connectivity index (χ0n) is 11.7. The predicted molar refractivity (Wildman–Crippen MR) is 79.6 cm³/mol. The van der Waals surface area contributed by atoms with E-state index in [4.69, 9.17) is 4.74 Å². The fourth-order valence-corrected chi connectivity index (χ4v) is 2.66. The molecule has 0 radical (unpaired) electrons. The summed E-state index contributed by atoms with van der Waals surface area (Å²) in [5, 5.41) is 6.48. The number of aromatic nitrogens is 1. The molecule has 1 N–H and O–H groups in total. The predicted octanol–water partition coefficient (Wildman–Crippen LogP) is 2.46. The molecule has 2 rings (SSSR count). The summed E-state index contributed by atoms with van der Waals surface area (Å²) in [4.78, 5) is 15.8. The van der Waals surface area contributed by atoms with Crippen molar-refractivity contribution in [1.82, 2.24) is 10.3 Å². The fraction of sp³-hybridized carbons (Fsp3) is 0.333. The first-order valence-electron chi connectivity index (χ1n) is 6.44. The Balaban J connectivity index is 1.93. The quantitative estimate of drug-likeness (QED) is 0.830. The Bertz CT molecular complexity index is 581. The van der Waals surface area contributed by atoms with Gasteiger partial charge in [-0.05, 0) is 18.1 Å². The van der Waals surface area contributed by atoms with E-state index in [-0.39, 0.29) is 5.97 Å². The van der Waals surface area contributed by atoms with E-state index in [1.165, 1.54) is 7.11 Å². The zero-order chi connectivity index (χ0) is 14.4. The van der Waals surface area contributed by atoms with E-state index in [1.54, 1.807) is 11.3 Å². The van der Waals surface area contributed by atoms with Crippen molar-refractivity contribution >= 4 is 17.3 Å². The molecule has 106 valence electrons. The lowest BCUT2D eigenvalue weighted by Gasteiger charge is -2.09. The molecule has 0 aliphatic heterocycles. The number of esters is 1. The lowest BCUT2D eigenvalue weighted by molar-refractivity contribution is -0.139. The molecule has 0 fully saturated rings. The van der Waals surface area contributed by atoms with Gasteiger partial charge in [-0.15, -0.1) is 11.3 Å². The van der Waals surface area contributed by atoms with Gasteiger partial charge in [-0.2, -0.15) is 0 Å². The highest BCUT2D eigenvalue weighted by molar-refractivity contribution is 7.09. The van der Waals surface area contributed by atoms with E-state index < -0.39 is 0 Å². The number of hydrogen-bond donors (Lipinski definition) is 1. The van der Waals surface area contributed by atoms with Crippen LogP contribution in [0.3, 0.4) is 0 Å². The number of rotatable bonds is 6. The third-order valence-corrected chi connectivity index (χ3v) is 3.91. The SMILES string of the molecule is COC(=O)Cc1ccccc1CNCc1nc(C)cs1. The van der Waals surface area contributed by atoms with Crippen LogP contribution < -0.4 is 5.32 Å². The van der Waals surface area contributed by atoms with Crippen LogP contribution in [0.15, 0.2) is 29.6 Å². The zero-order valence-corrected chi connectivity index (χ0v) is 12.5. The van der Waals surface area contributed by atoms with Crippen molar-refractivity contribution in [1.29, 1.82) is 0 Å². The van der Waals surface area contributed by atoms with Crippen molar-refractivity contribution in [3.05, 3.63) is 51.5 Å². The van der Waals surface area contributed by atoms with E-state index >= 15 is 0 Å². The third-order valence-electron chi connectivity index (χ3n) is 2.94. The number of carbonyl (C=O) groups is 1. The highest BCUT2D eigenvalue weighted by Crippen LogP contribution is 2.12. The second kappa shape index (κ2) is 7.17. The lowest BCUT2D eigenvalue weighted by atomic mass is 10.0. The van der Waals surface area contributed by atoms with Gasteiger partial charge in [0.05, 0.1) is 13.5 Å². The molecule has 20 heavy (non-hydrogen) atoms. The summed E-state index contributed by atoms with van der Waals surface area (Å²) < 4.78 is 4.72. The maximum Gasteiger partial charge on any atom is 0.309 e. The molecule has 0 aliphatic carbocycles. The molecule has 0 spiro atoms. The Labute approximate surface area is 122 Å². The Morgan fingerprint density at radius 1 is 1.30 bits per heavy atom. The van der Waals surface area contributed by atoms with Crippen molar-refractivity contribution in [3.8, 4) is 0 Å². The summed E-state index contributed by atoms with van der Waals surface area (Å²) in [7, 11) is 1.41. The number of thiazole rings is 1. The van der Waals surface area contributed by atoms with Crippen LogP contribution in [0.5, 0.6) is 0 Å². The van der Waals surface area contributed by atoms with Gasteiger partial charge in [-0.1, -0.05) is 24.3 Å². The van der Waals surface area contributed by atoms with Crippen LogP contribution in [0.2, 0.25) is 0 Å². The molecule has 0 atom stereocenters. The maximum absolute atomic E-state index is 11.4. The molecule has 5 heteroatoms. The van der Waals surface area contributed by atoms with Crippen molar-refractivity contribution < 1.29 is 9.53 Å². The smallest absolute Gasteiger partial charge is 0.309 e. The second-order valence-corrected chi connectivity index (χ2v) is 5.45. The van der Waals surface area contributed by atoms with Gasteiger partial charge in [0.25, 0.3) is 0 Å². The topological polar surface area (TPSA) is 51.2 Å². The lowest BCUT2D eigenvalue weighted by Crippen LogP contribution is -2.15. The van der Waals surface area contributed by atoms with E-state index in [1.807, 2.05) is 36.6 Å². The molecule has 0 saturated carbocycles. The summed E-state index contributed by atoms with van der Waals surface area (Å²) in [6.07, 6.45) is 0.310. The molecule has 1 aromatic heterocycles. The van der Waals surface area contributed by atoms with Crippen molar-refractivity contribution in [3.63, 3.8) is 0 Å². The minimum Gasteiger partial charge on any atom is -0.469 e. The number of carbonyl (C=O) groups excluding carboxylic acids is 1.